The number of aliphatic hydroxyl groups is 2. The zero-order valence-electron chi connectivity index (χ0n) is 8.76. The van der Waals surface area contributed by atoms with E-state index in [0.29, 0.717) is 5.75 Å². The fourth-order valence-electron chi connectivity index (χ4n) is 1.40. The van der Waals surface area contributed by atoms with Crippen LogP contribution in [0.1, 0.15) is 5.56 Å². The van der Waals surface area contributed by atoms with Gasteiger partial charge in [0.15, 0.2) is 11.5 Å². The molecule has 1 aromatic carbocycles. The van der Waals surface area contributed by atoms with Gasteiger partial charge in [-0.1, -0.05) is 6.07 Å². The van der Waals surface area contributed by atoms with Crippen LogP contribution >= 0.6 is 11.8 Å². The van der Waals surface area contributed by atoms with Crippen LogP contribution in [0.2, 0.25) is 0 Å². The lowest BCUT2D eigenvalue weighted by Gasteiger charge is -2.06. The Bertz CT molecular complexity index is 356. The van der Waals surface area contributed by atoms with Gasteiger partial charge in [0.05, 0.1) is 12.7 Å². The van der Waals surface area contributed by atoms with E-state index in [-0.39, 0.29) is 13.4 Å². The van der Waals surface area contributed by atoms with Crippen molar-refractivity contribution in [2.24, 2.45) is 0 Å². The van der Waals surface area contributed by atoms with Crippen molar-refractivity contribution in [3.05, 3.63) is 23.8 Å². The van der Waals surface area contributed by atoms with Crippen LogP contribution in [0.15, 0.2) is 18.2 Å². The third-order valence-electron chi connectivity index (χ3n) is 2.23. The zero-order valence-corrected chi connectivity index (χ0v) is 9.57. The highest BCUT2D eigenvalue weighted by molar-refractivity contribution is 7.98. The molecule has 1 aliphatic heterocycles. The normalized spacial score (nSPS) is 15.1. The second-order valence-electron chi connectivity index (χ2n) is 3.54. The standard InChI is InChI=1S/C11H14O4S/c12-4-9(13)6-16-5-8-1-2-10-11(3-8)15-7-14-10/h1-3,9,12-13H,4-7H2. The quantitative estimate of drug-likeness (QED) is 0.806. The molecule has 1 unspecified atom stereocenters. The molecule has 1 heterocycles. The van der Waals surface area contributed by atoms with Crippen molar-refractivity contribution in [3.8, 4) is 11.5 Å². The van der Waals surface area contributed by atoms with Gasteiger partial charge in [0.1, 0.15) is 0 Å². The summed E-state index contributed by atoms with van der Waals surface area (Å²) in [5.74, 6) is 2.88. The number of thioether (sulfide) groups is 1. The number of rotatable bonds is 5. The van der Waals surface area contributed by atoms with Gasteiger partial charge < -0.3 is 19.7 Å². The minimum Gasteiger partial charge on any atom is -0.454 e. The lowest BCUT2D eigenvalue weighted by Crippen LogP contribution is -2.14. The van der Waals surface area contributed by atoms with Crippen LogP contribution in [0.4, 0.5) is 0 Å². The lowest BCUT2D eigenvalue weighted by atomic mass is 10.2. The molecule has 0 saturated carbocycles. The monoisotopic (exact) mass is 242 g/mol. The van der Waals surface area contributed by atoms with E-state index < -0.39 is 6.10 Å². The minimum atomic E-state index is -0.640. The van der Waals surface area contributed by atoms with Crippen LogP contribution in [0, 0.1) is 0 Å². The van der Waals surface area contributed by atoms with Gasteiger partial charge in [-0.3, -0.25) is 0 Å². The molecule has 0 radical (unpaired) electrons. The van der Waals surface area contributed by atoms with Crippen molar-refractivity contribution in [1.29, 1.82) is 0 Å². The van der Waals surface area contributed by atoms with E-state index in [0.717, 1.165) is 22.8 Å². The van der Waals surface area contributed by atoms with Crippen molar-refractivity contribution < 1.29 is 19.7 Å². The van der Waals surface area contributed by atoms with Crippen LogP contribution in [0.3, 0.4) is 0 Å². The predicted octanol–water partition coefficient (Wildman–Crippen LogP) is 1.00. The Morgan fingerprint density at radius 1 is 1.31 bits per heavy atom. The predicted molar refractivity (Wildman–Crippen MR) is 61.8 cm³/mol. The van der Waals surface area contributed by atoms with E-state index in [1.54, 1.807) is 11.8 Å². The maximum absolute atomic E-state index is 9.18. The molecule has 1 atom stereocenters. The Hall–Kier alpha value is -0.910. The summed E-state index contributed by atoms with van der Waals surface area (Å²) >= 11 is 1.58. The average Bonchev–Trinajstić information content (AvgIpc) is 2.76. The van der Waals surface area contributed by atoms with Crippen molar-refractivity contribution in [2.45, 2.75) is 11.9 Å². The van der Waals surface area contributed by atoms with Crippen LogP contribution in [-0.2, 0) is 5.75 Å². The van der Waals surface area contributed by atoms with Crippen molar-refractivity contribution in [2.75, 3.05) is 19.2 Å². The second-order valence-corrected chi connectivity index (χ2v) is 4.57. The fraction of sp³-hybridized carbons (Fsp3) is 0.455. The summed E-state index contributed by atoms with van der Waals surface area (Å²) in [6.45, 7) is 0.100. The molecule has 0 amide bonds. The Morgan fingerprint density at radius 2 is 2.12 bits per heavy atom. The van der Waals surface area contributed by atoms with Crippen LogP contribution < -0.4 is 9.47 Å². The molecule has 88 valence electrons. The number of aliphatic hydroxyl groups excluding tert-OH is 2. The van der Waals surface area contributed by atoms with E-state index in [1.807, 2.05) is 18.2 Å². The van der Waals surface area contributed by atoms with Gasteiger partial charge in [0, 0.05) is 11.5 Å². The van der Waals surface area contributed by atoms with E-state index in [1.165, 1.54) is 0 Å². The maximum atomic E-state index is 9.18. The average molecular weight is 242 g/mol. The molecule has 16 heavy (non-hydrogen) atoms. The van der Waals surface area contributed by atoms with Gasteiger partial charge in [-0.15, -0.1) is 0 Å². The molecule has 0 bridgehead atoms. The molecule has 2 N–H and O–H groups in total. The van der Waals surface area contributed by atoms with Crippen LogP contribution in [-0.4, -0.2) is 35.5 Å². The Morgan fingerprint density at radius 3 is 2.94 bits per heavy atom. The van der Waals surface area contributed by atoms with Gasteiger partial charge in [0.25, 0.3) is 0 Å². The summed E-state index contributed by atoms with van der Waals surface area (Å²) in [6, 6.07) is 5.81. The molecular formula is C11H14O4S. The third kappa shape index (κ3) is 2.81. The Labute approximate surface area is 98.2 Å². The van der Waals surface area contributed by atoms with Crippen molar-refractivity contribution >= 4 is 11.8 Å². The van der Waals surface area contributed by atoms with Gasteiger partial charge in [-0.05, 0) is 17.7 Å². The Kier molecular flexibility index (Phi) is 3.93. The number of benzene rings is 1. The smallest absolute Gasteiger partial charge is 0.231 e. The van der Waals surface area contributed by atoms with Crippen LogP contribution in [0.25, 0.3) is 0 Å². The fourth-order valence-corrected chi connectivity index (χ4v) is 2.31. The second kappa shape index (κ2) is 5.43. The first-order valence-electron chi connectivity index (χ1n) is 5.05. The largest absolute Gasteiger partial charge is 0.454 e. The molecular weight excluding hydrogens is 228 g/mol. The first-order chi connectivity index (χ1) is 7.79. The third-order valence-corrected chi connectivity index (χ3v) is 3.38. The molecule has 0 fully saturated rings. The van der Waals surface area contributed by atoms with Gasteiger partial charge >= 0.3 is 0 Å². The summed E-state index contributed by atoms with van der Waals surface area (Å²) in [5, 5.41) is 17.8. The molecule has 1 aliphatic rings. The van der Waals surface area contributed by atoms with Gasteiger partial charge in [0.2, 0.25) is 6.79 Å². The summed E-state index contributed by atoms with van der Waals surface area (Å²) in [6.07, 6.45) is -0.640. The zero-order chi connectivity index (χ0) is 11.4. The topological polar surface area (TPSA) is 58.9 Å². The van der Waals surface area contributed by atoms with Crippen LogP contribution in [0.5, 0.6) is 11.5 Å². The maximum Gasteiger partial charge on any atom is 0.231 e. The minimum absolute atomic E-state index is 0.186. The van der Waals surface area contributed by atoms with Crippen molar-refractivity contribution in [3.63, 3.8) is 0 Å². The molecule has 5 heteroatoms. The molecule has 0 aromatic heterocycles. The number of fused-ring (bicyclic) bond motifs is 1. The summed E-state index contributed by atoms with van der Waals surface area (Å²) in [4.78, 5) is 0. The van der Waals surface area contributed by atoms with E-state index in [9.17, 15) is 5.11 Å². The first-order valence-corrected chi connectivity index (χ1v) is 6.20. The molecule has 0 spiro atoms. The van der Waals surface area contributed by atoms with Crippen molar-refractivity contribution in [1.82, 2.24) is 0 Å². The summed E-state index contributed by atoms with van der Waals surface area (Å²) in [7, 11) is 0. The Balaban J connectivity index is 1.86. The van der Waals surface area contributed by atoms with E-state index in [4.69, 9.17) is 14.6 Å². The SMILES string of the molecule is OCC(O)CSCc1ccc2c(c1)OCO2. The number of hydrogen-bond acceptors (Lipinski definition) is 5. The molecule has 2 rings (SSSR count). The van der Waals surface area contributed by atoms with E-state index >= 15 is 0 Å². The highest BCUT2D eigenvalue weighted by Gasteiger charge is 2.13. The molecule has 0 aliphatic carbocycles. The first kappa shape index (κ1) is 11.6. The summed E-state index contributed by atoms with van der Waals surface area (Å²) in [5.41, 5.74) is 1.12. The highest BCUT2D eigenvalue weighted by atomic mass is 32.2. The van der Waals surface area contributed by atoms with Gasteiger partial charge in [-0.25, -0.2) is 0 Å². The number of hydrogen-bond donors (Lipinski definition) is 2. The van der Waals surface area contributed by atoms with E-state index in [2.05, 4.69) is 0 Å². The molecule has 0 saturated heterocycles. The lowest BCUT2D eigenvalue weighted by molar-refractivity contribution is 0.113. The molecule has 1 aromatic rings. The molecule has 4 nitrogen and oxygen atoms in total. The number of ether oxygens (including phenoxy) is 2. The van der Waals surface area contributed by atoms with Gasteiger partial charge in [-0.2, -0.15) is 11.8 Å². The summed E-state index contributed by atoms with van der Waals surface area (Å²) < 4.78 is 10.5. The highest BCUT2D eigenvalue weighted by Crippen LogP contribution is 2.33.